The number of hydrogen-bond donors (Lipinski definition) is 3. The summed E-state index contributed by atoms with van der Waals surface area (Å²) in [6.07, 6.45) is 4.14. The Bertz CT molecular complexity index is 1240. The van der Waals surface area contributed by atoms with Crippen LogP contribution in [-0.2, 0) is 11.2 Å². The van der Waals surface area contributed by atoms with E-state index in [1.54, 1.807) is 0 Å². The first-order valence-corrected chi connectivity index (χ1v) is 12.8. The molecule has 6 heteroatoms. The van der Waals surface area contributed by atoms with Crippen LogP contribution in [0.4, 0.5) is 8.78 Å². The minimum Gasteiger partial charge on any atom is -0.390 e. The predicted molar refractivity (Wildman–Crippen MR) is 137 cm³/mol. The number of aliphatic hydroxyl groups is 1. The van der Waals surface area contributed by atoms with Crippen LogP contribution in [0.3, 0.4) is 0 Å². The zero-order valence-electron chi connectivity index (χ0n) is 20.4. The van der Waals surface area contributed by atoms with E-state index in [1.165, 1.54) is 67.0 Å². The van der Waals surface area contributed by atoms with Crippen molar-refractivity contribution in [1.29, 1.82) is 0 Å². The summed E-state index contributed by atoms with van der Waals surface area (Å²) in [6.45, 7) is 1.57. The van der Waals surface area contributed by atoms with Gasteiger partial charge in [-0.15, -0.1) is 0 Å². The van der Waals surface area contributed by atoms with E-state index in [9.17, 15) is 18.7 Å². The van der Waals surface area contributed by atoms with Crippen LogP contribution in [0, 0.1) is 11.6 Å². The third-order valence-corrected chi connectivity index (χ3v) is 7.54. The van der Waals surface area contributed by atoms with E-state index in [2.05, 4.69) is 41.0 Å². The van der Waals surface area contributed by atoms with Crippen LogP contribution >= 0.6 is 0 Å². The second-order valence-electron chi connectivity index (χ2n) is 10.1. The summed E-state index contributed by atoms with van der Waals surface area (Å²) in [5.74, 6) is -1.08. The molecule has 0 aromatic heterocycles. The predicted octanol–water partition coefficient (Wildman–Crippen LogP) is 5.39. The van der Waals surface area contributed by atoms with Gasteiger partial charge in [-0.1, -0.05) is 55.3 Å². The lowest BCUT2D eigenvalue weighted by Crippen LogP contribution is -2.48. The number of hydrogen-bond acceptors (Lipinski definition) is 3. The normalized spacial score (nSPS) is 18.5. The molecule has 0 radical (unpaired) electrons. The largest absolute Gasteiger partial charge is 0.390 e. The molecular formula is C30H32F2N2O2. The van der Waals surface area contributed by atoms with Gasteiger partial charge in [0.1, 0.15) is 11.6 Å². The molecule has 0 bridgehead atoms. The number of carbonyl (C=O) groups excluding carboxylic acids is 1. The maximum Gasteiger partial charge on any atom is 0.217 e. The molecule has 0 heterocycles. The average Bonchev–Trinajstić information content (AvgIpc) is 3.48. The molecule has 1 saturated carbocycles. The van der Waals surface area contributed by atoms with E-state index in [1.807, 2.05) is 12.1 Å². The molecule has 0 aliphatic heterocycles. The first kappa shape index (κ1) is 24.6. The Morgan fingerprint density at radius 1 is 0.972 bits per heavy atom. The minimum atomic E-state index is -0.963. The van der Waals surface area contributed by atoms with Crippen molar-refractivity contribution in [2.75, 3.05) is 6.54 Å². The van der Waals surface area contributed by atoms with Gasteiger partial charge < -0.3 is 15.7 Å². The van der Waals surface area contributed by atoms with Crippen molar-refractivity contribution >= 4 is 5.91 Å². The van der Waals surface area contributed by atoms with Crippen molar-refractivity contribution in [2.45, 2.75) is 63.1 Å². The molecule has 1 unspecified atom stereocenters. The third-order valence-electron chi connectivity index (χ3n) is 7.54. The highest BCUT2D eigenvalue weighted by Crippen LogP contribution is 2.45. The molecule has 36 heavy (non-hydrogen) atoms. The second kappa shape index (κ2) is 10.5. The number of amides is 1. The molecule has 3 aromatic rings. The lowest BCUT2D eigenvalue weighted by molar-refractivity contribution is -0.120. The molecule has 188 valence electrons. The van der Waals surface area contributed by atoms with Crippen molar-refractivity contribution in [3.8, 4) is 11.1 Å². The number of fused-ring (bicyclic) bond motifs is 3. The Morgan fingerprint density at radius 2 is 1.67 bits per heavy atom. The Labute approximate surface area is 210 Å². The van der Waals surface area contributed by atoms with Crippen molar-refractivity contribution in [3.05, 3.63) is 94.6 Å². The average molecular weight is 491 g/mol. The topological polar surface area (TPSA) is 61.4 Å². The number of nitrogens with one attached hydrogen (secondary N) is 2. The highest BCUT2D eigenvalue weighted by atomic mass is 19.1. The molecule has 2 aliphatic carbocycles. The Morgan fingerprint density at radius 3 is 2.39 bits per heavy atom. The molecule has 1 amide bonds. The Kier molecular flexibility index (Phi) is 7.17. The molecule has 5 rings (SSSR count). The molecule has 3 atom stereocenters. The first-order chi connectivity index (χ1) is 17.4. The van der Waals surface area contributed by atoms with Gasteiger partial charge in [0.2, 0.25) is 5.91 Å². The molecule has 4 nitrogen and oxygen atoms in total. The van der Waals surface area contributed by atoms with Gasteiger partial charge in [0.15, 0.2) is 0 Å². The van der Waals surface area contributed by atoms with Gasteiger partial charge in [-0.2, -0.15) is 0 Å². The van der Waals surface area contributed by atoms with Crippen LogP contribution in [0.15, 0.2) is 60.7 Å². The van der Waals surface area contributed by atoms with Gasteiger partial charge in [0.05, 0.1) is 18.2 Å². The number of rotatable bonds is 8. The first-order valence-electron chi connectivity index (χ1n) is 12.8. The van der Waals surface area contributed by atoms with Crippen molar-refractivity contribution in [3.63, 3.8) is 0 Å². The second-order valence-corrected chi connectivity index (χ2v) is 10.1. The van der Waals surface area contributed by atoms with Crippen LogP contribution in [0.25, 0.3) is 11.1 Å². The summed E-state index contributed by atoms with van der Waals surface area (Å²) in [4.78, 5) is 11.8. The SMILES string of the molecule is CC(=O)N[C@@H](Cc1cc(F)cc(F)c1)[C@H](O)CNC1c2ccccc2-c2ccc(C3CCCC3)cc21. The minimum absolute atomic E-state index is 0.0863. The van der Waals surface area contributed by atoms with E-state index in [4.69, 9.17) is 0 Å². The highest BCUT2D eigenvalue weighted by Gasteiger charge is 2.31. The van der Waals surface area contributed by atoms with Crippen LogP contribution in [0.5, 0.6) is 0 Å². The van der Waals surface area contributed by atoms with Crippen molar-refractivity contribution in [2.24, 2.45) is 0 Å². The van der Waals surface area contributed by atoms with Crippen molar-refractivity contribution in [1.82, 2.24) is 10.6 Å². The third kappa shape index (κ3) is 5.20. The van der Waals surface area contributed by atoms with E-state index < -0.39 is 23.8 Å². The molecular weight excluding hydrogens is 458 g/mol. The quantitative estimate of drug-likeness (QED) is 0.397. The maximum atomic E-state index is 13.7. The van der Waals surface area contributed by atoms with Gasteiger partial charge in [-0.25, -0.2) is 8.78 Å². The summed E-state index contributed by atoms with van der Waals surface area (Å²) in [6, 6.07) is 17.6. The zero-order chi connectivity index (χ0) is 25.2. The van der Waals surface area contributed by atoms with Gasteiger partial charge in [0, 0.05) is 19.5 Å². The maximum absolute atomic E-state index is 13.7. The number of carbonyl (C=O) groups is 1. The molecule has 3 aromatic carbocycles. The van der Waals surface area contributed by atoms with E-state index in [0.29, 0.717) is 11.5 Å². The fourth-order valence-electron chi connectivity index (χ4n) is 5.87. The van der Waals surface area contributed by atoms with Crippen LogP contribution in [0.2, 0.25) is 0 Å². The lowest BCUT2D eigenvalue weighted by atomic mass is 9.93. The smallest absolute Gasteiger partial charge is 0.217 e. The molecule has 2 aliphatic rings. The van der Waals surface area contributed by atoms with E-state index >= 15 is 0 Å². The van der Waals surface area contributed by atoms with Gasteiger partial charge in [0.25, 0.3) is 0 Å². The Balaban J connectivity index is 1.37. The fourth-order valence-corrected chi connectivity index (χ4v) is 5.87. The summed E-state index contributed by atoms with van der Waals surface area (Å²) in [7, 11) is 0. The number of aliphatic hydroxyl groups excluding tert-OH is 1. The highest BCUT2D eigenvalue weighted by molar-refractivity contribution is 5.79. The summed E-state index contributed by atoms with van der Waals surface area (Å²) in [5.41, 5.74) is 6.50. The summed E-state index contributed by atoms with van der Waals surface area (Å²) >= 11 is 0. The van der Waals surface area contributed by atoms with Gasteiger partial charge in [-0.3, -0.25) is 4.79 Å². The van der Waals surface area contributed by atoms with Crippen LogP contribution in [-0.4, -0.2) is 29.7 Å². The standard InChI is InChI=1S/C30H32F2N2O2/c1-18(35)34-28(14-19-12-22(31)16-23(32)13-19)29(36)17-33-30-26-9-5-4-8-24(26)25-11-10-21(15-27(25)30)20-6-2-3-7-20/h4-5,8-13,15-16,20,28-30,33,36H,2-3,6-7,14,17H2,1H3,(H,34,35)/t28-,29+,30?/m0/s1. The molecule has 1 fully saturated rings. The monoisotopic (exact) mass is 490 g/mol. The number of benzene rings is 3. The zero-order valence-corrected chi connectivity index (χ0v) is 20.4. The van der Waals surface area contributed by atoms with E-state index in [-0.39, 0.29) is 24.9 Å². The van der Waals surface area contributed by atoms with E-state index in [0.717, 1.165) is 11.6 Å². The summed E-state index contributed by atoms with van der Waals surface area (Å²) < 4.78 is 27.4. The van der Waals surface area contributed by atoms with Crippen LogP contribution < -0.4 is 10.6 Å². The fraction of sp³-hybridized carbons (Fsp3) is 0.367. The van der Waals surface area contributed by atoms with Crippen molar-refractivity contribution < 1.29 is 18.7 Å². The van der Waals surface area contributed by atoms with Crippen LogP contribution in [0.1, 0.15) is 66.8 Å². The summed E-state index contributed by atoms with van der Waals surface area (Å²) in [5, 5.41) is 17.4. The Hall–Kier alpha value is -3.09. The lowest BCUT2D eigenvalue weighted by Gasteiger charge is -2.26. The van der Waals surface area contributed by atoms with Gasteiger partial charge in [-0.05, 0) is 70.7 Å². The molecule has 0 saturated heterocycles. The molecule has 0 spiro atoms. The number of halogens is 2. The molecule has 3 N–H and O–H groups in total. The van der Waals surface area contributed by atoms with Gasteiger partial charge >= 0.3 is 0 Å².